The molecule has 0 aromatic rings. The van der Waals surface area contributed by atoms with Gasteiger partial charge in [-0.05, 0) is 20.8 Å². The SMILES string of the molecule is CC[N+](CC)(CC)COC.[OH-]. The van der Waals surface area contributed by atoms with Crippen molar-refractivity contribution < 1.29 is 14.7 Å². The van der Waals surface area contributed by atoms with Gasteiger partial charge < -0.3 is 14.7 Å². The molecule has 3 nitrogen and oxygen atoms in total. The van der Waals surface area contributed by atoms with E-state index in [0.717, 1.165) is 11.2 Å². The first kappa shape index (κ1) is 13.5. The van der Waals surface area contributed by atoms with E-state index in [-0.39, 0.29) is 5.48 Å². The number of nitrogens with zero attached hydrogens (tertiary/aromatic N) is 1. The van der Waals surface area contributed by atoms with Crippen molar-refractivity contribution in [3.05, 3.63) is 0 Å². The molecule has 0 unspecified atom stereocenters. The predicted molar refractivity (Wildman–Crippen MR) is 45.7 cm³/mol. The molecule has 0 radical (unpaired) electrons. The number of hydrogen-bond donors (Lipinski definition) is 0. The molecule has 0 fully saturated rings. The normalized spacial score (nSPS) is 10.9. The van der Waals surface area contributed by atoms with Crippen LogP contribution >= 0.6 is 0 Å². The standard InChI is InChI=1S/C8H20NO.H2O/c1-5-9(6-2,7-3)8-10-4;/h5-8H2,1-4H3;1H2/q+1;/p-1. The van der Waals surface area contributed by atoms with E-state index >= 15 is 0 Å². The minimum Gasteiger partial charge on any atom is -0.870 e. The summed E-state index contributed by atoms with van der Waals surface area (Å²) in [5, 5.41) is 0. The van der Waals surface area contributed by atoms with Crippen LogP contribution in [0.25, 0.3) is 0 Å². The summed E-state index contributed by atoms with van der Waals surface area (Å²) in [6.45, 7) is 11.0. The van der Waals surface area contributed by atoms with Crippen LogP contribution in [0.1, 0.15) is 20.8 Å². The minimum absolute atomic E-state index is 0. The van der Waals surface area contributed by atoms with Crippen LogP contribution in [-0.2, 0) is 4.74 Å². The van der Waals surface area contributed by atoms with Gasteiger partial charge in [-0.25, -0.2) is 0 Å². The average molecular weight is 163 g/mol. The first-order valence-corrected chi connectivity index (χ1v) is 4.08. The second kappa shape index (κ2) is 6.58. The van der Waals surface area contributed by atoms with Crippen LogP contribution < -0.4 is 0 Å². The molecular weight excluding hydrogens is 142 g/mol. The van der Waals surface area contributed by atoms with Gasteiger partial charge in [0.25, 0.3) is 0 Å². The first-order valence-electron chi connectivity index (χ1n) is 4.08. The van der Waals surface area contributed by atoms with Crippen molar-refractivity contribution in [1.82, 2.24) is 0 Å². The third-order valence-corrected chi connectivity index (χ3v) is 2.42. The van der Waals surface area contributed by atoms with Gasteiger partial charge in [0, 0.05) is 7.11 Å². The van der Waals surface area contributed by atoms with Crippen LogP contribution in [0.4, 0.5) is 0 Å². The highest BCUT2D eigenvalue weighted by atomic mass is 16.5. The van der Waals surface area contributed by atoms with Gasteiger partial charge in [0.2, 0.25) is 0 Å². The predicted octanol–water partition coefficient (Wildman–Crippen LogP) is 1.29. The van der Waals surface area contributed by atoms with Gasteiger partial charge in [0.05, 0.1) is 19.6 Å². The smallest absolute Gasteiger partial charge is 0.182 e. The molecule has 0 atom stereocenters. The van der Waals surface area contributed by atoms with Gasteiger partial charge in [-0.15, -0.1) is 0 Å². The van der Waals surface area contributed by atoms with Gasteiger partial charge in [-0.1, -0.05) is 0 Å². The van der Waals surface area contributed by atoms with Crippen LogP contribution in [0, 0.1) is 0 Å². The van der Waals surface area contributed by atoms with Crippen molar-refractivity contribution >= 4 is 0 Å². The van der Waals surface area contributed by atoms with Crippen LogP contribution in [0.3, 0.4) is 0 Å². The van der Waals surface area contributed by atoms with Crippen molar-refractivity contribution in [3.8, 4) is 0 Å². The Morgan fingerprint density at radius 2 is 1.36 bits per heavy atom. The Hall–Kier alpha value is -0.120. The highest BCUT2D eigenvalue weighted by molar-refractivity contribution is 4.28. The molecule has 1 N–H and O–H groups in total. The molecule has 0 aromatic heterocycles. The highest BCUT2D eigenvalue weighted by Gasteiger charge is 2.19. The van der Waals surface area contributed by atoms with Gasteiger partial charge >= 0.3 is 0 Å². The highest BCUT2D eigenvalue weighted by Crippen LogP contribution is 2.04. The lowest BCUT2D eigenvalue weighted by Gasteiger charge is -2.34. The number of hydrogen-bond acceptors (Lipinski definition) is 2. The Morgan fingerprint density at radius 3 is 1.45 bits per heavy atom. The zero-order valence-corrected chi connectivity index (χ0v) is 8.13. The van der Waals surface area contributed by atoms with Crippen LogP contribution in [0.15, 0.2) is 0 Å². The van der Waals surface area contributed by atoms with Crippen LogP contribution in [0.5, 0.6) is 0 Å². The third kappa shape index (κ3) is 3.70. The molecule has 0 saturated carbocycles. The Balaban J connectivity index is 0. The van der Waals surface area contributed by atoms with Gasteiger partial charge in [-0.2, -0.15) is 0 Å². The summed E-state index contributed by atoms with van der Waals surface area (Å²) in [7, 11) is 1.77. The molecule has 0 heterocycles. The summed E-state index contributed by atoms with van der Waals surface area (Å²) >= 11 is 0. The number of methoxy groups -OCH3 is 1. The summed E-state index contributed by atoms with van der Waals surface area (Å²) in [5.41, 5.74) is 0. The topological polar surface area (TPSA) is 39.2 Å². The Bertz CT molecular complexity index is 73.9. The molecular formula is C8H21NO2. The van der Waals surface area contributed by atoms with Crippen molar-refractivity contribution in [3.63, 3.8) is 0 Å². The molecule has 0 rings (SSSR count). The van der Waals surface area contributed by atoms with Crippen molar-refractivity contribution in [2.24, 2.45) is 0 Å². The van der Waals surface area contributed by atoms with E-state index in [2.05, 4.69) is 20.8 Å². The Morgan fingerprint density at radius 1 is 1.00 bits per heavy atom. The maximum Gasteiger partial charge on any atom is 0.182 e. The van der Waals surface area contributed by atoms with E-state index < -0.39 is 0 Å². The van der Waals surface area contributed by atoms with Crippen molar-refractivity contribution in [2.75, 3.05) is 33.5 Å². The fourth-order valence-corrected chi connectivity index (χ4v) is 1.22. The first-order chi connectivity index (χ1) is 4.74. The molecule has 3 heteroatoms. The fraction of sp³-hybridized carbons (Fsp3) is 1.00. The lowest BCUT2D eigenvalue weighted by atomic mass is 10.4. The fourth-order valence-electron chi connectivity index (χ4n) is 1.22. The minimum atomic E-state index is 0. The molecule has 11 heavy (non-hydrogen) atoms. The molecule has 0 bridgehead atoms. The lowest BCUT2D eigenvalue weighted by molar-refractivity contribution is -0.940. The van der Waals surface area contributed by atoms with Crippen LogP contribution in [-0.4, -0.2) is 43.4 Å². The van der Waals surface area contributed by atoms with Crippen molar-refractivity contribution in [1.29, 1.82) is 0 Å². The maximum absolute atomic E-state index is 5.15. The summed E-state index contributed by atoms with van der Waals surface area (Å²) in [6.07, 6.45) is 0. The number of rotatable bonds is 5. The largest absolute Gasteiger partial charge is 0.870 e. The van der Waals surface area contributed by atoms with Crippen molar-refractivity contribution in [2.45, 2.75) is 20.8 Å². The Kier molecular flexibility index (Phi) is 8.06. The monoisotopic (exact) mass is 163 g/mol. The number of ether oxygens (including phenoxy) is 1. The third-order valence-electron chi connectivity index (χ3n) is 2.42. The average Bonchev–Trinajstić information content (AvgIpc) is 2.01. The summed E-state index contributed by atoms with van der Waals surface area (Å²) in [5.74, 6) is 0. The van der Waals surface area contributed by atoms with E-state index in [9.17, 15) is 0 Å². The van der Waals surface area contributed by atoms with Gasteiger partial charge in [-0.3, -0.25) is 0 Å². The zero-order chi connectivity index (χ0) is 8.04. The van der Waals surface area contributed by atoms with E-state index in [4.69, 9.17) is 4.74 Å². The molecule has 0 amide bonds. The molecule has 0 aliphatic heterocycles. The maximum atomic E-state index is 5.15. The van der Waals surface area contributed by atoms with Crippen LogP contribution in [0.2, 0.25) is 0 Å². The summed E-state index contributed by atoms with van der Waals surface area (Å²) in [4.78, 5) is 0. The van der Waals surface area contributed by atoms with Gasteiger partial charge in [0.1, 0.15) is 0 Å². The Labute approximate surface area is 69.9 Å². The van der Waals surface area contributed by atoms with E-state index in [1.807, 2.05) is 0 Å². The number of quaternary nitrogens is 1. The molecule has 0 aliphatic rings. The van der Waals surface area contributed by atoms with E-state index in [1.165, 1.54) is 19.6 Å². The zero-order valence-electron chi connectivity index (χ0n) is 8.13. The summed E-state index contributed by atoms with van der Waals surface area (Å²) < 4.78 is 6.23. The summed E-state index contributed by atoms with van der Waals surface area (Å²) in [6, 6.07) is 0. The molecule has 0 spiro atoms. The molecule has 0 aromatic carbocycles. The molecule has 0 saturated heterocycles. The second-order valence-corrected chi connectivity index (χ2v) is 2.71. The quantitative estimate of drug-likeness (QED) is 0.452. The lowest BCUT2D eigenvalue weighted by Crippen LogP contribution is -2.48. The van der Waals surface area contributed by atoms with Gasteiger partial charge in [0.15, 0.2) is 6.73 Å². The molecule has 0 aliphatic carbocycles. The second-order valence-electron chi connectivity index (χ2n) is 2.71. The van der Waals surface area contributed by atoms with E-state index in [1.54, 1.807) is 7.11 Å². The molecule has 70 valence electrons. The van der Waals surface area contributed by atoms with E-state index in [0.29, 0.717) is 0 Å².